The Labute approximate surface area is 120 Å². The SMILES string of the molecule is [2H]C([2H])([2H])c1c(-c2cccc(Cl)n2)ccc2c1C=NOB2O. The summed E-state index contributed by atoms with van der Waals surface area (Å²) < 4.78 is 28.2. The van der Waals surface area contributed by atoms with E-state index < -0.39 is 14.0 Å². The number of nitrogens with zero attached hydrogens (tertiary/aromatic N) is 2. The van der Waals surface area contributed by atoms with E-state index >= 15 is 0 Å². The molecule has 0 aliphatic carbocycles. The zero-order valence-electron chi connectivity index (χ0n) is 12.7. The number of halogens is 1. The van der Waals surface area contributed by atoms with Gasteiger partial charge in [-0.15, -0.1) is 5.16 Å². The molecule has 0 bridgehead atoms. The van der Waals surface area contributed by atoms with Gasteiger partial charge in [-0.1, -0.05) is 29.8 Å². The van der Waals surface area contributed by atoms with E-state index in [9.17, 15) is 5.02 Å². The van der Waals surface area contributed by atoms with Gasteiger partial charge in [0, 0.05) is 20.7 Å². The molecular formula is C13H10BClN2O2. The molecule has 0 saturated heterocycles. The molecule has 3 rings (SSSR count). The fourth-order valence-corrected chi connectivity index (χ4v) is 2.12. The molecule has 19 heavy (non-hydrogen) atoms. The first-order valence-corrected chi connectivity index (χ1v) is 5.93. The molecule has 4 nitrogen and oxygen atoms in total. The predicted molar refractivity (Wildman–Crippen MR) is 75.7 cm³/mol. The maximum atomic E-state index is 9.80. The lowest BCUT2D eigenvalue weighted by molar-refractivity contribution is 0.286. The molecule has 1 aromatic carbocycles. The van der Waals surface area contributed by atoms with Crippen LogP contribution in [0, 0.1) is 6.85 Å². The Hall–Kier alpha value is -1.85. The zero-order chi connectivity index (χ0) is 15.9. The van der Waals surface area contributed by atoms with E-state index in [2.05, 4.69) is 10.1 Å². The minimum absolute atomic E-state index is 0.0610. The molecule has 0 saturated carbocycles. The Bertz CT molecular complexity index is 767. The summed E-state index contributed by atoms with van der Waals surface area (Å²) in [5.41, 5.74) is 1.59. The van der Waals surface area contributed by atoms with Crippen LogP contribution >= 0.6 is 11.6 Å². The van der Waals surface area contributed by atoms with Crippen molar-refractivity contribution in [3.63, 3.8) is 0 Å². The molecule has 6 heteroatoms. The molecule has 2 heterocycles. The normalized spacial score (nSPS) is 16.1. The van der Waals surface area contributed by atoms with Crippen molar-refractivity contribution in [2.24, 2.45) is 5.16 Å². The van der Waals surface area contributed by atoms with Crippen LogP contribution in [0.25, 0.3) is 11.3 Å². The van der Waals surface area contributed by atoms with Crippen LogP contribution in [-0.4, -0.2) is 23.3 Å². The first-order valence-electron chi connectivity index (χ1n) is 7.05. The van der Waals surface area contributed by atoms with E-state index in [4.69, 9.17) is 20.5 Å². The fourth-order valence-electron chi connectivity index (χ4n) is 1.96. The van der Waals surface area contributed by atoms with Gasteiger partial charge in [0.15, 0.2) is 0 Å². The minimum Gasteiger partial charge on any atom is -0.427 e. The lowest BCUT2D eigenvalue weighted by Gasteiger charge is -2.17. The summed E-state index contributed by atoms with van der Waals surface area (Å²) in [6.45, 7) is -2.41. The molecule has 0 spiro atoms. The van der Waals surface area contributed by atoms with Gasteiger partial charge < -0.3 is 9.78 Å². The van der Waals surface area contributed by atoms with Crippen LogP contribution in [0.2, 0.25) is 5.15 Å². The van der Waals surface area contributed by atoms with Crippen molar-refractivity contribution in [3.05, 3.63) is 46.6 Å². The van der Waals surface area contributed by atoms with Gasteiger partial charge in [0.2, 0.25) is 0 Å². The van der Waals surface area contributed by atoms with Crippen LogP contribution in [0.5, 0.6) is 0 Å². The maximum Gasteiger partial charge on any atom is 0.583 e. The minimum atomic E-state index is -2.41. The number of fused-ring (bicyclic) bond motifs is 1. The number of rotatable bonds is 1. The molecule has 0 amide bonds. The average Bonchev–Trinajstić information content (AvgIpc) is 2.45. The molecule has 94 valence electrons. The Morgan fingerprint density at radius 1 is 1.37 bits per heavy atom. The van der Waals surface area contributed by atoms with Gasteiger partial charge in [-0.25, -0.2) is 4.98 Å². The Balaban J connectivity index is 2.31. The van der Waals surface area contributed by atoms with E-state index in [1.54, 1.807) is 30.3 Å². The fraction of sp³-hybridized carbons (Fsp3) is 0.0769. The van der Waals surface area contributed by atoms with E-state index in [1.165, 1.54) is 6.21 Å². The monoisotopic (exact) mass is 275 g/mol. The van der Waals surface area contributed by atoms with Gasteiger partial charge in [-0.3, -0.25) is 0 Å². The van der Waals surface area contributed by atoms with Crippen molar-refractivity contribution in [3.8, 4) is 11.3 Å². The van der Waals surface area contributed by atoms with Gasteiger partial charge >= 0.3 is 7.12 Å². The molecule has 1 aliphatic heterocycles. The highest BCUT2D eigenvalue weighted by atomic mass is 35.5. The van der Waals surface area contributed by atoms with Crippen molar-refractivity contribution >= 4 is 30.4 Å². The van der Waals surface area contributed by atoms with E-state index in [0.29, 0.717) is 22.3 Å². The van der Waals surface area contributed by atoms with Crippen molar-refractivity contribution in [1.29, 1.82) is 0 Å². The molecule has 0 radical (unpaired) electrons. The lowest BCUT2D eigenvalue weighted by atomic mass is 9.74. The first-order chi connectivity index (χ1) is 10.4. The third kappa shape index (κ3) is 2.11. The van der Waals surface area contributed by atoms with Gasteiger partial charge in [0.05, 0.1) is 11.9 Å². The van der Waals surface area contributed by atoms with E-state index in [-0.39, 0.29) is 10.7 Å². The summed E-state index contributed by atoms with van der Waals surface area (Å²) in [5, 5.41) is 13.6. The molecule has 0 fully saturated rings. The summed E-state index contributed by atoms with van der Waals surface area (Å²) in [6, 6.07) is 8.16. The smallest absolute Gasteiger partial charge is 0.427 e. The van der Waals surface area contributed by atoms with Crippen LogP contribution < -0.4 is 5.46 Å². The number of pyridine rings is 1. The number of hydrogen-bond donors (Lipinski definition) is 1. The second-order valence-electron chi connectivity index (χ2n) is 4.03. The largest absolute Gasteiger partial charge is 0.583 e. The van der Waals surface area contributed by atoms with Gasteiger partial charge in [0.25, 0.3) is 0 Å². The highest BCUT2D eigenvalue weighted by molar-refractivity contribution is 6.62. The van der Waals surface area contributed by atoms with Gasteiger partial charge in [-0.05, 0) is 24.5 Å². The Morgan fingerprint density at radius 2 is 2.26 bits per heavy atom. The second kappa shape index (κ2) is 4.68. The third-order valence-corrected chi connectivity index (χ3v) is 3.09. The Morgan fingerprint density at radius 3 is 3.05 bits per heavy atom. The topological polar surface area (TPSA) is 54.7 Å². The summed E-state index contributed by atoms with van der Waals surface area (Å²) in [6.07, 6.45) is 1.29. The molecule has 2 aromatic rings. The van der Waals surface area contributed by atoms with Crippen LogP contribution in [0.1, 0.15) is 15.2 Å². The molecular weight excluding hydrogens is 262 g/mol. The van der Waals surface area contributed by atoms with Gasteiger partial charge in [0.1, 0.15) is 5.15 Å². The van der Waals surface area contributed by atoms with Crippen molar-refractivity contribution in [2.45, 2.75) is 6.85 Å². The zero-order valence-corrected chi connectivity index (χ0v) is 10.4. The number of hydrogen-bond acceptors (Lipinski definition) is 4. The molecule has 1 aliphatic rings. The molecule has 1 aromatic heterocycles. The molecule has 0 atom stereocenters. The maximum absolute atomic E-state index is 9.80. The van der Waals surface area contributed by atoms with Crippen LogP contribution in [0.3, 0.4) is 0 Å². The van der Waals surface area contributed by atoms with Crippen molar-refractivity contribution < 1.29 is 13.9 Å². The quantitative estimate of drug-likeness (QED) is 0.637. The van der Waals surface area contributed by atoms with Crippen molar-refractivity contribution in [2.75, 3.05) is 0 Å². The van der Waals surface area contributed by atoms with Gasteiger partial charge in [-0.2, -0.15) is 0 Å². The highest BCUT2D eigenvalue weighted by Crippen LogP contribution is 2.24. The summed E-state index contributed by atoms with van der Waals surface area (Å²) >= 11 is 5.89. The van der Waals surface area contributed by atoms with Crippen molar-refractivity contribution in [1.82, 2.24) is 4.98 Å². The van der Waals surface area contributed by atoms with Crippen LogP contribution in [0.4, 0.5) is 0 Å². The summed E-state index contributed by atoms with van der Waals surface area (Å²) in [4.78, 5) is 4.16. The number of oxime groups is 1. The predicted octanol–water partition coefficient (Wildman–Crippen LogP) is 1.76. The molecule has 0 unspecified atom stereocenters. The van der Waals surface area contributed by atoms with Crippen LogP contribution in [0.15, 0.2) is 35.5 Å². The third-order valence-electron chi connectivity index (χ3n) is 2.88. The van der Waals surface area contributed by atoms with Crippen LogP contribution in [-0.2, 0) is 4.76 Å². The van der Waals surface area contributed by atoms with E-state index in [0.717, 1.165) is 0 Å². The number of benzene rings is 1. The summed E-state index contributed by atoms with van der Waals surface area (Å²) in [5.74, 6) is 0. The average molecular weight is 276 g/mol. The lowest BCUT2D eigenvalue weighted by Crippen LogP contribution is -2.38. The highest BCUT2D eigenvalue weighted by Gasteiger charge is 2.27. The Kier molecular flexibility index (Phi) is 2.25. The van der Waals surface area contributed by atoms with E-state index in [1.807, 2.05) is 0 Å². The number of aromatic nitrogens is 1. The molecule has 1 N–H and O–H groups in total. The summed E-state index contributed by atoms with van der Waals surface area (Å²) in [7, 11) is -1.29. The standard InChI is InChI=1S/C13H10BClN2O2/c1-8-9(12-3-2-4-13(15)17-12)5-6-11-10(8)7-16-19-14(11)18/h2-7,18H,1H3/i1D3. The first kappa shape index (κ1) is 9.12. The second-order valence-corrected chi connectivity index (χ2v) is 4.42.